The van der Waals surface area contributed by atoms with Gasteiger partial charge in [-0.2, -0.15) is 0 Å². The lowest BCUT2D eigenvalue weighted by molar-refractivity contribution is 0.101. The molecule has 2 N–H and O–H groups in total. The number of fused-ring (bicyclic) bond motifs is 2. The molecule has 0 unspecified atom stereocenters. The highest BCUT2D eigenvalue weighted by Crippen LogP contribution is 2.28. The second-order valence-electron chi connectivity index (χ2n) is 8.36. The third-order valence-corrected chi connectivity index (χ3v) is 6.00. The Hall–Kier alpha value is -3.81. The van der Waals surface area contributed by atoms with Gasteiger partial charge in [0.1, 0.15) is 17.3 Å². The first kappa shape index (κ1) is 20.1. The summed E-state index contributed by atoms with van der Waals surface area (Å²) in [5.41, 5.74) is 4.79. The number of carbonyl (C=O) groups is 1. The summed E-state index contributed by atoms with van der Waals surface area (Å²) in [7, 11) is 1.83. The van der Waals surface area contributed by atoms with Gasteiger partial charge in [0, 0.05) is 60.7 Å². The number of nitrogens with zero attached hydrogens (tertiary/aromatic N) is 5. The maximum atomic E-state index is 13.0. The lowest BCUT2D eigenvalue weighted by atomic mass is 10.0. The lowest BCUT2D eigenvalue weighted by Gasteiger charge is -2.21. The number of imidazole rings is 1. The molecular formula is C24H25N7O. The average Bonchev–Trinajstić information content (AvgIpc) is 3.22. The van der Waals surface area contributed by atoms with Crippen molar-refractivity contribution in [3.8, 4) is 11.1 Å². The number of rotatable bonds is 4. The largest absolute Gasteiger partial charge is 0.373 e. The monoisotopic (exact) mass is 427 g/mol. The molecule has 4 aromatic heterocycles. The fraction of sp³-hybridized carbons (Fsp3) is 0.292. The van der Waals surface area contributed by atoms with Crippen molar-refractivity contribution in [1.82, 2.24) is 24.5 Å². The molecular weight excluding hydrogens is 402 g/mol. The minimum atomic E-state index is -0.171. The van der Waals surface area contributed by atoms with Crippen LogP contribution in [0.25, 0.3) is 22.0 Å². The Bertz CT molecular complexity index is 1330. The second-order valence-corrected chi connectivity index (χ2v) is 8.36. The normalized spacial score (nSPS) is 15.4. The zero-order valence-electron chi connectivity index (χ0n) is 18.4. The SMILES string of the molecule is CNc1cc2ncc(-c3cc(NC(=O)c4cnc5n4C[C@H](C)CC5)cnc3C)cc2cn1. The van der Waals surface area contributed by atoms with Crippen molar-refractivity contribution in [1.29, 1.82) is 0 Å². The molecule has 162 valence electrons. The molecule has 1 amide bonds. The molecule has 5 rings (SSSR count). The van der Waals surface area contributed by atoms with Crippen molar-refractivity contribution < 1.29 is 4.79 Å². The highest BCUT2D eigenvalue weighted by Gasteiger charge is 2.22. The highest BCUT2D eigenvalue weighted by atomic mass is 16.2. The van der Waals surface area contributed by atoms with Crippen molar-refractivity contribution in [2.24, 2.45) is 5.92 Å². The Labute approximate surface area is 186 Å². The van der Waals surface area contributed by atoms with Crippen LogP contribution in [0.2, 0.25) is 0 Å². The van der Waals surface area contributed by atoms with Gasteiger partial charge in [0.05, 0.1) is 23.6 Å². The van der Waals surface area contributed by atoms with Crippen molar-refractivity contribution in [3.63, 3.8) is 0 Å². The molecule has 1 aliphatic rings. The van der Waals surface area contributed by atoms with Crippen LogP contribution in [-0.4, -0.2) is 37.5 Å². The van der Waals surface area contributed by atoms with E-state index in [0.717, 1.165) is 58.8 Å². The van der Waals surface area contributed by atoms with E-state index in [2.05, 4.69) is 37.5 Å². The fourth-order valence-electron chi connectivity index (χ4n) is 4.17. The minimum absolute atomic E-state index is 0.171. The van der Waals surface area contributed by atoms with E-state index in [0.29, 0.717) is 17.3 Å². The van der Waals surface area contributed by atoms with Crippen LogP contribution in [0.1, 0.15) is 35.4 Å². The topological polar surface area (TPSA) is 97.6 Å². The van der Waals surface area contributed by atoms with Gasteiger partial charge in [-0.25, -0.2) is 9.97 Å². The van der Waals surface area contributed by atoms with Crippen LogP contribution in [0.15, 0.2) is 43.0 Å². The summed E-state index contributed by atoms with van der Waals surface area (Å²) in [6.45, 7) is 4.97. The number of hydrogen-bond acceptors (Lipinski definition) is 6. The molecule has 5 heterocycles. The summed E-state index contributed by atoms with van der Waals surface area (Å²) in [6, 6.07) is 5.89. The molecule has 1 atom stereocenters. The van der Waals surface area contributed by atoms with Gasteiger partial charge in [-0.3, -0.25) is 14.8 Å². The van der Waals surface area contributed by atoms with Crippen LogP contribution in [0.4, 0.5) is 11.5 Å². The molecule has 4 aromatic rings. The third-order valence-electron chi connectivity index (χ3n) is 6.00. The third kappa shape index (κ3) is 3.68. The van der Waals surface area contributed by atoms with Gasteiger partial charge in [-0.1, -0.05) is 6.92 Å². The molecule has 0 bridgehead atoms. The smallest absolute Gasteiger partial charge is 0.273 e. The Morgan fingerprint density at radius 1 is 1.06 bits per heavy atom. The fourth-order valence-corrected chi connectivity index (χ4v) is 4.17. The number of aryl methyl sites for hydroxylation is 2. The first-order chi connectivity index (χ1) is 15.5. The Morgan fingerprint density at radius 2 is 1.94 bits per heavy atom. The summed E-state index contributed by atoms with van der Waals surface area (Å²) in [4.78, 5) is 30.9. The van der Waals surface area contributed by atoms with Gasteiger partial charge in [0.25, 0.3) is 5.91 Å². The Kier molecular flexibility index (Phi) is 5.05. The molecule has 0 spiro atoms. The molecule has 0 saturated carbocycles. The number of nitrogens with one attached hydrogen (secondary N) is 2. The standard InChI is InChI=1S/C24H25N7O/c1-14-4-5-23-29-12-21(31(23)13-14)24(32)30-18-7-19(15(2)26-11-18)16-6-17-10-28-22(25-3)8-20(17)27-9-16/h6-12,14H,4-5,13H2,1-3H3,(H,25,28)(H,30,32)/t14-/m1/s1. The van der Waals surface area contributed by atoms with Gasteiger partial charge in [0.2, 0.25) is 0 Å². The number of hydrogen-bond donors (Lipinski definition) is 2. The first-order valence-electron chi connectivity index (χ1n) is 10.8. The second kappa shape index (κ2) is 8.03. The molecule has 0 fully saturated rings. The summed E-state index contributed by atoms with van der Waals surface area (Å²) in [5.74, 6) is 2.12. The zero-order valence-corrected chi connectivity index (χ0v) is 18.4. The van der Waals surface area contributed by atoms with E-state index in [-0.39, 0.29) is 5.91 Å². The highest BCUT2D eigenvalue weighted by molar-refractivity contribution is 6.03. The van der Waals surface area contributed by atoms with E-state index < -0.39 is 0 Å². The molecule has 0 aliphatic carbocycles. The average molecular weight is 428 g/mol. The Balaban J connectivity index is 1.44. The number of aromatic nitrogens is 5. The summed E-state index contributed by atoms with van der Waals surface area (Å²) < 4.78 is 2.03. The van der Waals surface area contributed by atoms with Crippen LogP contribution in [-0.2, 0) is 13.0 Å². The van der Waals surface area contributed by atoms with Crippen LogP contribution < -0.4 is 10.6 Å². The van der Waals surface area contributed by atoms with Gasteiger partial charge < -0.3 is 15.2 Å². The van der Waals surface area contributed by atoms with Crippen molar-refractivity contribution in [2.45, 2.75) is 33.2 Å². The van der Waals surface area contributed by atoms with E-state index in [1.807, 2.05) is 42.9 Å². The van der Waals surface area contributed by atoms with E-state index >= 15 is 0 Å². The summed E-state index contributed by atoms with van der Waals surface area (Å²) in [6.07, 6.45) is 8.99. The number of pyridine rings is 3. The van der Waals surface area contributed by atoms with Crippen LogP contribution in [0.5, 0.6) is 0 Å². The van der Waals surface area contributed by atoms with E-state index in [1.165, 1.54) is 0 Å². The predicted molar refractivity (Wildman–Crippen MR) is 125 cm³/mol. The van der Waals surface area contributed by atoms with Crippen molar-refractivity contribution >= 4 is 28.3 Å². The van der Waals surface area contributed by atoms with Crippen molar-refractivity contribution in [2.75, 3.05) is 17.7 Å². The molecule has 0 radical (unpaired) electrons. The van der Waals surface area contributed by atoms with Gasteiger partial charge in [-0.05, 0) is 31.4 Å². The number of carbonyl (C=O) groups excluding carboxylic acids is 1. The van der Waals surface area contributed by atoms with E-state index in [1.54, 1.807) is 18.6 Å². The quantitative estimate of drug-likeness (QED) is 0.509. The number of amides is 1. The van der Waals surface area contributed by atoms with E-state index in [9.17, 15) is 4.79 Å². The van der Waals surface area contributed by atoms with Crippen LogP contribution >= 0.6 is 0 Å². The number of anilines is 2. The van der Waals surface area contributed by atoms with Gasteiger partial charge >= 0.3 is 0 Å². The van der Waals surface area contributed by atoms with E-state index in [4.69, 9.17) is 0 Å². The summed E-state index contributed by atoms with van der Waals surface area (Å²) >= 11 is 0. The molecule has 8 nitrogen and oxygen atoms in total. The van der Waals surface area contributed by atoms with Crippen LogP contribution in [0, 0.1) is 12.8 Å². The van der Waals surface area contributed by atoms with Gasteiger partial charge in [-0.15, -0.1) is 0 Å². The Morgan fingerprint density at radius 3 is 2.78 bits per heavy atom. The molecule has 8 heteroatoms. The van der Waals surface area contributed by atoms with Crippen molar-refractivity contribution in [3.05, 3.63) is 60.2 Å². The van der Waals surface area contributed by atoms with Gasteiger partial charge in [0.15, 0.2) is 0 Å². The molecule has 32 heavy (non-hydrogen) atoms. The predicted octanol–water partition coefficient (Wildman–Crippen LogP) is 4.07. The minimum Gasteiger partial charge on any atom is -0.373 e. The van der Waals surface area contributed by atoms with Crippen LogP contribution in [0.3, 0.4) is 0 Å². The first-order valence-corrected chi connectivity index (χ1v) is 10.8. The lowest BCUT2D eigenvalue weighted by Crippen LogP contribution is -2.24. The zero-order chi connectivity index (χ0) is 22.2. The maximum Gasteiger partial charge on any atom is 0.273 e. The molecule has 0 saturated heterocycles. The molecule has 1 aliphatic heterocycles. The maximum absolute atomic E-state index is 13.0. The summed E-state index contributed by atoms with van der Waals surface area (Å²) in [5, 5.41) is 6.96. The molecule has 0 aromatic carbocycles.